The molecule has 2 aromatic carbocycles. The molecule has 2 N–H and O–H groups in total. The Bertz CT molecular complexity index is 1060. The topological polar surface area (TPSA) is 87.7 Å². The highest BCUT2D eigenvalue weighted by atomic mass is 32.2. The zero-order valence-electron chi connectivity index (χ0n) is 16.7. The average molecular weight is 423 g/mol. The standard InChI is InChI=1S/C22H21N3O4S/c1-13-9-17-18(10-14(13)2)25(12-20(26)23-17)7-8-29-16-5-3-15(4-6-16)11-19-21(27)24-22(28)30-19/h3-6,9-11H,7-8,12H2,1-2H3,(H,23,26)(H,24,27,28)/b19-11+. The maximum Gasteiger partial charge on any atom is 0.290 e. The van der Waals surface area contributed by atoms with Crippen LogP contribution < -0.4 is 20.3 Å². The third-order valence-electron chi connectivity index (χ3n) is 5.01. The summed E-state index contributed by atoms with van der Waals surface area (Å²) in [5, 5.41) is 4.81. The van der Waals surface area contributed by atoms with Gasteiger partial charge in [-0.25, -0.2) is 0 Å². The molecular formula is C22H21N3O4S. The van der Waals surface area contributed by atoms with Crippen LogP contribution in [0.4, 0.5) is 16.2 Å². The molecule has 0 unspecified atom stereocenters. The van der Waals surface area contributed by atoms with E-state index in [2.05, 4.69) is 23.6 Å². The third kappa shape index (κ3) is 4.33. The van der Waals surface area contributed by atoms with Gasteiger partial charge in [0.25, 0.3) is 11.1 Å². The van der Waals surface area contributed by atoms with Gasteiger partial charge >= 0.3 is 0 Å². The number of imide groups is 1. The van der Waals surface area contributed by atoms with Gasteiger partial charge in [0.05, 0.1) is 29.4 Å². The van der Waals surface area contributed by atoms with Crippen molar-refractivity contribution in [3.8, 4) is 5.75 Å². The van der Waals surface area contributed by atoms with Crippen LogP contribution in [0.5, 0.6) is 5.75 Å². The van der Waals surface area contributed by atoms with Crippen LogP contribution in [-0.4, -0.2) is 36.7 Å². The van der Waals surface area contributed by atoms with Gasteiger partial charge in [0.2, 0.25) is 5.91 Å². The van der Waals surface area contributed by atoms with Crippen LogP contribution in [0.25, 0.3) is 6.08 Å². The molecule has 7 nitrogen and oxygen atoms in total. The zero-order valence-corrected chi connectivity index (χ0v) is 17.5. The van der Waals surface area contributed by atoms with Gasteiger partial charge < -0.3 is 15.0 Å². The van der Waals surface area contributed by atoms with Crippen molar-refractivity contribution in [2.45, 2.75) is 13.8 Å². The minimum absolute atomic E-state index is 0.0320. The first kappa shape index (κ1) is 20.0. The van der Waals surface area contributed by atoms with Gasteiger partial charge in [0, 0.05) is 0 Å². The second-order valence-electron chi connectivity index (χ2n) is 7.19. The Morgan fingerprint density at radius 3 is 2.50 bits per heavy atom. The number of rotatable bonds is 5. The SMILES string of the molecule is Cc1cc2c(cc1C)N(CCOc1ccc(/C=C3/SC(=O)NC3=O)cc1)CC(=O)N2. The summed E-state index contributed by atoms with van der Waals surface area (Å²) < 4.78 is 5.84. The lowest BCUT2D eigenvalue weighted by molar-refractivity contribution is -0.116. The highest BCUT2D eigenvalue weighted by molar-refractivity contribution is 8.18. The summed E-state index contributed by atoms with van der Waals surface area (Å²) in [6.45, 7) is 5.38. The number of thioether (sulfide) groups is 1. The molecule has 8 heteroatoms. The van der Waals surface area contributed by atoms with E-state index in [9.17, 15) is 14.4 Å². The van der Waals surface area contributed by atoms with Crippen molar-refractivity contribution in [1.29, 1.82) is 0 Å². The molecule has 4 rings (SSSR count). The largest absolute Gasteiger partial charge is 0.492 e. The lowest BCUT2D eigenvalue weighted by atomic mass is 10.1. The Balaban J connectivity index is 1.38. The Morgan fingerprint density at radius 1 is 1.07 bits per heavy atom. The van der Waals surface area contributed by atoms with Gasteiger partial charge in [-0.15, -0.1) is 0 Å². The molecule has 2 aliphatic rings. The molecular weight excluding hydrogens is 402 g/mol. The number of aryl methyl sites for hydroxylation is 2. The molecule has 0 aromatic heterocycles. The smallest absolute Gasteiger partial charge is 0.290 e. The number of hydrogen-bond donors (Lipinski definition) is 2. The van der Waals surface area contributed by atoms with E-state index in [0.29, 0.717) is 30.4 Å². The van der Waals surface area contributed by atoms with Crippen LogP contribution in [0.3, 0.4) is 0 Å². The molecule has 154 valence electrons. The molecule has 30 heavy (non-hydrogen) atoms. The quantitative estimate of drug-likeness (QED) is 0.716. The van der Waals surface area contributed by atoms with E-state index in [0.717, 1.165) is 34.3 Å². The number of nitrogens with one attached hydrogen (secondary N) is 2. The van der Waals surface area contributed by atoms with Gasteiger partial charge in [-0.1, -0.05) is 12.1 Å². The summed E-state index contributed by atoms with van der Waals surface area (Å²) in [5.74, 6) is 0.288. The monoisotopic (exact) mass is 423 g/mol. The van der Waals surface area contributed by atoms with Gasteiger partial charge in [0.15, 0.2) is 0 Å². The van der Waals surface area contributed by atoms with Crippen molar-refractivity contribution < 1.29 is 19.1 Å². The molecule has 1 fully saturated rings. The van der Waals surface area contributed by atoms with Crippen LogP contribution in [0, 0.1) is 13.8 Å². The summed E-state index contributed by atoms with van der Waals surface area (Å²) in [5.41, 5.74) is 4.96. The van der Waals surface area contributed by atoms with Crippen LogP contribution >= 0.6 is 11.8 Å². The third-order valence-corrected chi connectivity index (χ3v) is 5.82. The first-order chi connectivity index (χ1) is 14.4. The number of carbonyl (C=O) groups excluding carboxylic acids is 3. The van der Waals surface area contributed by atoms with Crippen molar-refractivity contribution in [3.63, 3.8) is 0 Å². The van der Waals surface area contributed by atoms with E-state index in [4.69, 9.17) is 4.74 Å². The van der Waals surface area contributed by atoms with Crippen molar-refractivity contribution in [2.24, 2.45) is 0 Å². The number of carbonyl (C=O) groups is 3. The van der Waals surface area contributed by atoms with E-state index in [1.54, 1.807) is 6.08 Å². The van der Waals surface area contributed by atoms with Gasteiger partial charge in [-0.3, -0.25) is 19.7 Å². The Morgan fingerprint density at radius 2 is 1.80 bits per heavy atom. The number of nitrogens with zero attached hydrogens (tertiary/aromatic N) is 1. The summed E-state index contributed by atoms with van der Waals surface area (Å²) in [6, 6.07) is 11.4. The van der Waals surface area contributed by atoms with Gasteiger partial charge in [-0.2, -0.15) is 0 Å². The van der Waals surface area contributed by atoms with Gasteiger partial charge in [0.1, 0.15) is 12.4 Å². The molecule has 1 saturated heterocycles. The number of benzene rings is 2. The van der Waals surface area contributed by atoms with Gasteiger partial charge in [-0.05, 0) is 72.6 Å². The second-order valence-corrected chi connectivity index (χ2v) is 8.21. The number of anilines is 2. The zero-order chi connectivity index (χ0) is 21.3. The van der Waals surface area contributed by atoms with Crippen LogP contribution in [0.1, 0.15) is 16.7 Å². The molecule has 0 atom stereocenters. The normalized spacial score (nSPS) is 17.1. The minimum Gasteiger partial charge on any atom is -0.492 e. The molecule has 0 aliphatic carbocycles. The first-order valence-corrected chi connectivity index (χ1v) is 10.3. The summed E-state index contributed by atoms with van der Waals surface area (Å²) in [6.07, 6.45) is 1.67. The molecule has 2 aromatic rings. The Hall–Kier alpha value is -3.26. The fourth-order valence-electron chi connectivity index (χ4n) is 3.32. The van der Waals surface area contributed by atoms with Crippen LogP contribution in [0.15, 0.2) is 41.3 Å². The second kappa shape index (κ2) is 8.23. The summed E-state index contributed by atoms with van der Waals surface area (Å²) >= 11 is 0.891. The van der Waals surface area contributed by atoms with Crippen molar-refractivity contribution in [1.82, 2.24) is 5.32 Å². The predicted octanol–water partition coefficient (Wildman–Crippen LogP) is 3.46. The average Bonchev–Trinajstić information content (AvgIpc) is 3.01. The predicted molar refractivity (Wildman–Crippen MR) is 118 cm³/mol. The van der Waals surface area contributed by atoms with Crippen molar-refractivity contribution >= 4 is 46.3 Å². The molecule has 2 aliphatic heterocycles. The molecule has 2 heterocycles. The molecule has 3 amide bonds. The number of amides is 3. The van der Waals surface area contributed by atoms with Crippen molar-refractivity contribution in [2.75, 3.05) is 29.9 Å². The molecule has 0 saturated carbocycles. The maximum absolute atomic E-state index is 12.0. The lowest BCUT2D eigenvalue weighted by Gasteiger charge is -2.31. The van der Waals surface area contributed by atoms with E-state index in [1.807, 2.05) is 42.2 Å². The molecule has 0 radical (unpaired) electrons. The number of fused-ring (bicyclic) bond motifs is 1. The first-order valence-electron chi connectivity index (χ1n) is 9.53. The maximum atomic E-state index is 12.0. The number of ether oxygens (including phenoxy) is 1. The minimum atomic E-state index is -0.374. The fourth-order valence-corrected chi connectivity index (χ4v) is 4.00. The van der Waals surface area contributed by atoms with Crippen LogP contribution in [-0.2, 0) is 9.59 Å². The molecule has 0 bridgehead atoms. The van der Waals surface area contributed by atoms with E-state index >= 15 is 0 Å². The summed E-state index contributed by atoms with van der Waals surface area (Å²) in [4.78, 5) is 37.3. The van der Waals surface area contributed by atoms with Crippen molar-refractivity contribution in [3.05, 3.63) is 58.0 Å². The van der Waals surface area contributed by atoms with E-state index in [-0.39, 0.29) is 17.1 Å². The Labute approximate surface area is 178 Å². The Kier molecular flexibility index (Phi) is 5.50. The number of hydrogen-bond acceptors (Lipinski definition) is 6. The van der Waals surface area contributed by atoms with Crippen LogP contribution in [0.2, 0.25) is 0 Å². The summed E-state index contributed by atoms with van der Waals surface area (Å²) in [7, 11) is 0. The highest BCUT2D eigenvalue weighted by Crippen LogP contribution is 2.32. The lowest BCUT2D eigenvalue weighted by Crippen LogP contribution is -2.40. The highest BCUT2D eigenvalue weighted by Gasteiger charge is 2.25. The van der Waals surface area contributed by atoms with E-state index in [1.165, 1.54) is 5.56 Å². The fraction of sp³-hybridized carbons (Fsp3) is 0.227. The molecule has 0 spiro atoms. The van der Waals surface area contributed by atoms with E-state index < -0.39 is 0 Å².